The van der Waals surface area contributed by atoms with E-state index in [0.717, 1.165) is 34.0 Å². The second kappa shape index (κ2) is 11.5. The van der Waals surface area contributed by atoms with Crippen LogP contribution in [0.2, 0.25) is 5.02 Å². The van der Waals surface area contributed by atoms with Crippen LogP contribution < -0.4 is 10.1 Å². The van der Waals surface area contributed by atoms with Gasteiger partial charge in [0.05, 0.1) is 5.56 Å². The number of nitrogens with one attached hydrogen (secondary N) is 1. The van der Waals surface area contributed by atoms with Gasteiger partial charge < -0.3 is 19.7 Å². The number of hydrogen-bond acceptors (Lipinski definition) is 4. The summed E-state index contributed by atoms with van der Waals surface area (Å²) >= 11 is 5.93. The maximum Gasteiger partial charge on any atom is 0.335 e. The van der Waals surface area contributed by atoms with Crippen molar-refractivity contribution in [2.45, 2.75) is 20.5 Å². The Bertz CT molecular complexity index is 1560. The van der Waals surface area contributed by atoms with Gasteiger partial charge in [-0.2, -0.15) is 5.26 Å². The Morgan fingerprint density at radius 3 is 2.42 bits per heavy atom. The van der Waals surface area contributed by atoms with Crippen LogP contribution in [-0.2, 0) is 11.4 Å². The van der Waals surface area contributed by atoms with E-state index < -0.39 is 11.9 Å². The molecule has 4 rings (SSSR count). The molecule has 2 N–H and O–H groups in total. The molecule has 0 aliphatic carbocycles. The van der Waals surface area contributed by atoms with Gasteiger partial charge in [0.2, 0.25) is 0 Å². The second-order valence-corrected chi connectivity index (χ2v) is 9.02. The molecule has 190 valence electrons. The van der Waals surface area contributed by atoms with Gasteiger partial charge in [-0.05, 0) is 91.7 Å². The van der Waals surface area contributed by atoms with Gasteiger partial charge in [0.15, 0.2) is 0 Å². The van der Waals surface area contributed by atoms with E-state index in [1.807, 2.05) is 79.1 Å². The molecule has 0 unspecified atom stereocenters. The molecular formula is C30H24ClN3O4. The predicted molar refractivity (Wildman–Crippen MR) is 147 cm³/mol. The lowest BCUT2D eigenvalue weighted by atomic mass is 10.1. The first-order valence-electron chi connectivity index (χ1n) is 11.7. The number of anilines is 1. The molecule has 0 atom stereocenters. The fraction of sp³-hybridized carbons (Fsp3) is 0.100. The molecule has 8 heteroatoms. The number of nitrogens with zero attached hydrogens (tertiary/aromatic N) is 2. The number of carbonyl (C=O) groups excluding carboxylic acids is 1. The number of rotatable bonds is 8. The quantitative estimate of drug-likeness (QED) is 0.200. The third kappa shape index (κ3) is 6.12. The van der Waals surface area contributed by atoms with Gasteiger partial charge in [0.1, 0.15) is 24.0 Å². The first kappa shape index (κ1) is 26.3. The van der Waals surface area contributed by atoms with Gasteiger partial charge in [-0.1, -0.05) is 29.8 Å². The summed E-state index contributed by atoms with van der Waals surface area (Å²) in [5, 5.41) is 22.1. The first-order chi connectivity index (χ1) is 18.2. The molecule has 0 fully saturated rings. The lowest BCUT2D eigenvalue weighted by molar-refractivity contribution is -0.112. The highest BCUT2D eigenvalue weighted by Gasteiger charge is 2.15. The van der Waals surface area contributed by atoms with Crippen LogP contribution in [0.25, 0.3) is 11.8 Å². The van der Waals surface area contributed by atoms with Crippen molar-refractivity contribution in [2.24, 2.45) is 0 Å². The van der Waals surface area contributed by atoms with Crippen molar-refractivity contribution in [1.82, 2.24) is 4.57 Å². The van der Waals surface area contributed by atoms with E-state index in [9.17, 15) is 14.9 Å². The SMILES string of the molecule is Cc1cc(/C=C(/C#N)C(=O)Nc2cccc(C(=O)O)c2)c(C)n1-c1ccc(OCc2ccc(Cl)cc2)cc1. The molecule has 0 saturated heterocycles. The van der Waals surface area contributed by atoms with Crippen molar-refractivity contribution in [3.05, 3.63) is 118 Å². The molecule has 0 bridgehead atoms. The molecule has 7 nitrogen and oxygen atoms in total. The largest absolute Gasteiger partial charge is 0.489 e. The molecule has 4 aromatic rings. The first-order valence-corrected chi connectivity index (χ1v) is 12.1. The maximum atomic E-state index is 12.7. The van der Waals surface area contributed by atoms with Crippen LogP contribution in [0, 0.1) is 25.2 Å². The van der Waals surface area contributed by atoms with E-state index in [2.05, 4.69) is 5.32 Å². The summed E-state index contributed by atoms with van der Waals surface area (Å²) in [7, 11) is 0. The minimum absolute atomic E-state index is 0.0373. The number of aryl methyl sites for hydroxylation is 1. The van der Waals surface area contributed by atoms with E-state index in [4.69, 9.17) is 21.4 Å². The third-order valence-corrected chi connectivity index (χ3v) is 6.17. The molecule has 0 spiro atoms. The van der Waals surface area contributed by atoms with E-state index in [0.29, 0.717) is 17.3 Å². The van der Waals surface area contributed by atoms with Gasteiger partial charge in [-0.3, -0.25) is 4.79 Å². The molecule has 0 aliphatic heterocycles. The Balaban J connectivity index is 1.51. The normalized spacial score (nSPS) is 11.1. The number of carboxylic acids is 1. The summed E-state index contributed by atoms with van der Waals surface area (Å²) in [6.07, 6.45) is 1.53. The lowest BCUT2D eigenvalue weighted by Gasteiger charge is -2.12. The number of aromatic carboxylic acids is 1. The standard InChI is InChI=1S/C30H24ClN3O4/c1-19-14-23(15-24(17-32)29(35)33-26-5-3-4-22(16-26)30(36)37)20(2)34(19)27-10-12-28(13-11-27)38-18-21-6-8-25(31)9-7-21/h3-16H,18H2,1-2H3,(H,33,35)(H,36,37)/b24-15-. The second-order valence-electron chi connectivity index (χ2n) is 8.58. The Morgan fingerprint density at radius 2 is 1.76 bits per heavy atom. The summed E-state index contributed by atoms with van der Waals surface area (Å²) < 4.78 is 7.90. The van der Waals surface area contributed by atoms with Crippen LogP contribution in [0.4, 0.5) is 5.69 Å². The van der Waals surface area contributed by atoms with Crippen molar-refractivity contribution >= 4 is 35.2 Å². The number of benzene rings is 3. The zero-order chi connectivity index (χ0) is 27.2. The average molecular weight is 526 g/mol. The predicted octanol–water partition coefficient (Wildman–Crippen LogP) is 6.57. The fourth-order valence-corrected chi connectivity index (χ4v) is 4.13. The number of hydrogen-bond donors (Lipinski definition) is 2. The molecule has 1 aromatic heterocycles. The van der Waals surface area contributed by atoms with Crippen LogP contribution in [0.5, 0.6) is 5.75 Å². The monoisotopic (exact) mass is 525 g/mol. The summed E-state index contributed by atoms with van der Waals surface area (Å²) in [5.74, 6) is -1.01. The minimum Gasteiger partial charge on any atom is -0.489 e. The molecule has 0 radical (unpaired) electrons. The summed E-state index contributed by atoms with van der Waals surface area (Å²) in [5.41, 5.74) is 4.65. The Kier molecular flexibility index (Phi) is 7.95. The lowest BCUT2D eigenvalue weighted by Crippen LogP contribution is -2.14. The van der Waals surface area contributed by atoms with Crippen molar-refractivity contribution in [3.8, 4) is 17.5 Å². The summed E-state index contributed by atoms with van der Waals surface area (Å²) in [4.78, 5) is 23.9. The van der Waals surface area contributed by atoms with E-state index in [1.165, 1.54) is 24.3 Å². The number of amides is 1. The topological polar surface area (TPSA) is 104 Å². The number of nitriles is 1. The average Bonchev–Trinajstić information content (AvgIpc) is 3.19. The van der Waals surface area contributed by atoms with Gasteiger partial charge in [0, 0.05) is 27.8 Å². The molecule has 1 heterocycles. The van der Waals surface area contributed by atoms with Gasteiger partial charge in [0.25, 0.3) is 5.91 Å². The minimum atomic E-state index is -1.11. The molecule has 0 saturated carbocycles. The smallest absolute Gasteiger partial charge is 0.335 e. The molecule has 3 aromatic carbocycles. The van der Waals surface area contributed by atoms with E-state index >= 15 is 0 Å². The van der Waals surface area contributed by atoms with Crippen LogP contribution in [0.3, 0.4) is 0 Å². The van der Waals surface area contributed by atoms with Crippen LogP contribution in [-0.4, -0.2) is 21.6 Å². The number of halogens is 1. The van der Waals surface area contributed by atoms with Crippen molar-refractivity contribution in [3.63, 3.8) is 0 Å². The number of aromatic nitrogens is 1. The fourth-order valence-electron chi connectivity index (χ4n) is 4.00. The molecule has 0 aliphatic rings. The van der Waals surface area contributed by atoms with E-state index in [-0.39, 0.29) is 11.1 Å². The van der Waals surface area contributed by atoms with Gasteiger partial charge in [-0.25, -0.2) is 4.79 Å². The molecule has 1 amide bonds. The van der Waals surface area contributed by atoms with Crippen molar-refractivity contribution in [1.29, 1.82) is 5.26 Å². The summed E-state index contributed by atoms with van der Waals surface area (Å²) in [6.45, 7) is 4.28. The Hall–Kier alpha value is -4.80. The number of carboxylic acid groups (broad SMARTS) is 1. The van der Waals surface area contributed by atoms with E-state index in [1.54, 1.807) is 6.07 Å². The van der Waals surface area contributed by atoms with Crippen molar-refractivity contribution < 1.29 is 19.4 Å². The third-order valence-electron chi connectivity index (χ3n) is 5.92. The Morgan fingerprint density at radius 1 is 1.05 bits per heavy atom. The number of ether oxygens (including phenoxy) is 1. The van der Waals surface area contributed by atoms with Gasteiger partial charge in [-0.15, -0.1) is 0 Å². The number of carbonyl (C=O) groups is 2. The highest BCUT2D eigenvalue weighted by Crippen LogP contribution is 2.25. The van der Waals surface area contributed by atoms with Crippen LogP contribution in [0.15, 0.2) is 84.4 Å². The van der Waals surface area contributed by atoms with Crippen molar-refractivity contribution in [2.75, 3.05) is 5.32 Å². The highest BCUT2D eigenvalue weighted by atomic mass is 35.5. The molecule has 38 heavy (non-hydrogen) atoms. The summed E-state index contributed by atoms with van der Waals surface area (Å²) in [6, 6.07) is 24.8. The van der Waals surface area contributed by atoms with Gasteiger partial charge >= 0.3 is 5.97 Å². The zero-order valence-corrected chi connectivity index (χ0v) is 21.5. The van der Waals surface area contributed by atoms with Crippen LogP contribution >= 0.6 is 11.6 Å². The Labute approximate surface area is 225 Å². The molecular weight excluding hydrogens is 502 g/mol. The highest BCUT2D eigenvalue weighted by molar-refractivity contribution is 6.30. The van der Waals surface area contributed by atoms with Crippen LogP contribution in [0.1, 0.15) is 32.9 Å². The zero-order valence-electron chi connectivity index (χ0n) is 20.7. The maximum absolute atomic E-state index is 12.7.